The highest BCUT2D eigenvalue weighted by Crippen LogP contribution is 2.46. The van der Waals surface area contributed by atoms with Gasteiger partial charge in [0, 0.05) is 18.4 Å². The predicted octanol–water partition coefficient (Wildman–Crippen LogP) is 3.04. The van der Waals surface area contributed by atoms with Crippen LogP contribution in [0.2, 0.25) is 0 Å². The molecule has 1 aliphatic carbocycles. The Labute approximate surface area is 164 Å². The zero-order valence-electron chi connectivity index (χ0n) is 16.4. The summed E-state index contributed by atoms with van der Waals surface area (Å²) in [7, 11) is 1.35. The fourth-order valence-corrected chi connectivity index (χ4v) is 4.12. The largest absolute Gasteiger partial charge is 0.508 e. The number of ether oxygens (including phenoxy) is 3. The summed E-state index contributed by atoms with van der Waals surface area (Å²) < 4.78 is 15.9. The summed E-state index contributed by atoms with van der Waals surface area (Å²) in [6.07, 6.45) is 2.52. The number of phenolic OH excluding ortho intramolecular Hbond substituents is 1. The molecule has 152 valence electrons. The number of nitrogens with one attached hydrogen (secondary N) is 1. The Morgan fingerprint density at radius 3 is 2.82 bits per heavy atom. The molecule has 4 atom stereocenters. The van der Waals surface area contributed by atoms with E-state index in [1.165, 1.54) is 13.4 Å². The van der Waals surface area contributed by atoms with Gasteiger partial charge in [-0.1, -0.05) is 19.1 Å². The maximum absolute atomic E-state index is 12.2. The molecule has 2 N–H and O–H groups in total. The summed E-state index contributed by atoms with van der Waals surface area (Å²) in [5.74, 6) is 0.0519. The van der Waals surface area contributed by atoms with E-state index in [9.17, 15) is 14.7 Å². The number of phenols is 1. The lowest BCUT2D eigenvalue weighted by atomic mass is 9.83. The van der Waals surface area contributed by atoms with Gasteiger partial charge in [-0.15, -0.1) is 0 Å². The molecule has 4 unspecified atom stereocenters. The van der Waals surface area contributed by atoms with Crippen molar-refractivity contribution in [2.75, 3.05) is 13.7 Å². The summed E-state index contributed by atoms with van der Waals surface area (Å²) in [5.41, 5.74) is 2.32. The van der Waals surface area contributed by atoms with Gasteiger partial charge < -0.3 is 24.6 Å². The molecule has 7 heteroatoms. The van der Waals surface area contributed by atoms with Crippen molar-refractivity contribution in [1.82, 2.24) is 5.32 Å². The van der Waals surface area contributed by atoms with Crippen LogP contribution in [0.5, 0.6) is 5.75 Å². The van der Waals surface area contributed by atoms with Crippen LogP contribution in [-0.4, -0.2) is 37.1 Å². The Morgan fingerprint density at radius 2 is 2.11 bits per heavy atom. The molecule has 3 rings (SSSR count). The van der Waals surface area contributed by atoms with Gasteiger partial charge in [-0.3, -0.25) is 0 Å². The molecular weight excluding hydrogens is 362 g/mol. The molecule has 0 spiro atoms. The Morgan fingerprint density at radius 1 is 1.32 bits per heavy atom. The fourth-order valence-electron chi connectivity index (χ4n) is 4.12. The first-order chi connectivity index (χ1) is 13.4. The third kappa shape index (κ3) is 4.24. The molecule has 28 heavy (non-hydrogen) atoms. The van der Waals surface area contributed by atoms with E-state index in [4.69, 9.17) is 14.2 Å². The van der Waals surface area contributed by atoms with Crippen LogP contribution in [0.25, 0.3) is 0 Å². The number of aryl methyl sites for hydroxylation is 1. The van der Waals surface area contributed by atoms with Crippen molar-refractivity contribution >= 4 is 12.1 Å². The number of carbonyl (C=O) groups excluding carboxylic acids is 2. The maximum Gasteiger partial charge on any atom is 0.410 e. The number of aromatic hydroxyl groups is 1. The summed E-state index contributed by atoms with van der Waals surface area (Å²) in [6.45, 7) is 4.31. The Bertz CT molecular complexity index is 774. The minimum Gasteiger partial charge on any atom is -0.508 e. The normalized spacial score (nSPS) is 25.9. The number of hydrogen-bond donors (Lipinski definition) is 2. The number of alkyl carbamates (subject to hydrolysis) is 1. The van der Waals surface area contributed by atoms with Crippen LogP contribution in [0, 0.1) is 24.7 Å². The van der Waals surface area contributed by atoms with Crippen molar-refractivity contribution in [1.29, 1.82) is 0 Å². The van der Waals surface area contributed by atoms with Gasteiger partial charge >= 0.3 is 12.1 Å². The molecule has 7 nitrogen and oxygen atoms in total. The smallest absolute Gasteiger partial charge is 0.410 e. The summed E-state index contributed by atoms with van der Waals surface area (Å²) in [4.78, 5) is 24.2. The Kier molecular flexibility index (Phi) is 6.11. The molecule has 2 aliphatic rings. The average molecular weight is 389 g/mol. The molecule has 1 fully saturated rings. The van der Waals surface area contributed by atoms with Crippen molar-refractivity contribution in [3.63, 3.8) is 0 Å². The second-order valence-corrected chi connectivity index (χ2v) is 7.51. The van der Waals surface area contributed by atoms with Gasteiger partial charge in [-0.25, -0.2) is 9.59 Å². The molecule has 1 amide bonds. The van der Waals surface area contributed by atoms with Gasteiger partial charge in [-0.2, -0.15) is 0 Å². The predicted molar refractivity (Wildman–Crippen MR) is 101 cm³/mol. The van der Waals surface area contributed by atoms with E-state index in [1.54, 1.807) is 6.07 Å². The van der Waals surface area contributed by atoms with E-state index in [2.05, 4.69) is 12.2 Å². The summed E-state index contributed by atoms with van der Waals surface area (Å²) >= 11 is 0. The summed E-state index contributed by atoms with van der Waals surface area (Å²) in [6, 6.07) is 5.35. The molecule has 1 heterocycles. The lowest BCUT2D eigenvalue weighted by Gasteiger charge is -2.34. The number of hydrogen-bond acceptors (Lipinski definition) is 6. The molecule has 1 aliphatic heterocycles. The van der Waals surface area contributed by atoms with E-state index in [0.717, 1.165) is 24.0 Å². The molecule has 0 aromatic heterocycles. The van der Waals surface area contributed by atoms with Gasteiger partial charge in [0.25, 0.3) is 0 Å². The highest BCUT2D eigenvalue weighted by molar-refractivity contribution is 5.89. The number of methoxy groups -OCH3 is 1. The van der Waals surface area contributed by atoms with Crippen LogP contribution < -0.4 is 5.32 Å². The first kappa shape index (κ1) is 20.0. The summed E-state index contributed by atoms with van der Waals surface area (Å²) in [5, 5.41) is 12.3. The quantitative estimate of drug-likeness (QED) is 0.752. The van der Waals surface area contributed by atoms with Crippen molar-refractivity contribution in [2.24, 2.45) is 17.8 Å². The highest BCUT2D eigenvalue weighted by Gasteiger charge is 2.48. The van der Waals surface area contributed by atoms with Crippen molar-refractivity contribution in [2.45, 2.75) is 39.4 Å². The first-order valence-electron chi connectivity index (χ1n) is 9.57. The van der Waals surface area contributed by atoms with E-state index in [1.807, 2.05) is 19.1 Å². The minimum absolute atomic E-state index is 0.0195. The van der Waals surface area contributed by atoms with E-state index in [-0.39, 0.29) is 23.5 Å². The van der Waals surface area contributed by atoms with Gasteiger partial charge in [0.2, 0.25) is 6.29 Å². The second-order valence-electron chi connectivity index (χ2n) is 7.51. The van der Waals surface area contributed by atoms with Crippen LogP contribution >= 0.6 is 0 Å². The monoisotopic (exact) mass is 389 g/mol. The molecular formula is C21H27NO6. The van der Waals surface area contributed by atoms with Crippen LogP contribution in [0.3, 0.4) is 0 Å². The Balaban J connectivity index is 1.55. The minimum atomic E-state index is -0.716. The SMILES string of the molecule is COC(=O)C1=COC(OC(=O)NCCc2ccc(O)c(C)c2)C2C(C)CCC12. The third-order valence-electron chi connectivity index (χ3n) is 5.69. The zero-order valence-corrected chi connectivity index (χ0v) is 16.4. The van der Waals surface area contributed by atoms with E-state index < -0.39 is 18.4 Å². The number of fused-ring (bicyclic) bond motifs is 1. The molecule has 1 aromatic carbocycles. The standard InChI is InChI=1S/C21H27NO6/c1-12-4-6-15-16(19(24)26-3)11-27-20(18(12)15)28-21(25)22-9-8-14-5-7-17(23)13(2)10-14/h5,7,10-12,15,18,20,23H,4,6,8-9H2,1-3H3,(H,22,25). The van der Waals surface area contributed by atoms with Crippen molar-refractivity contribution < 1.29 is 28.9 Å². The van der Waals surface area contributed by atoms with Gasteiger partial charge in [0.15, 0.2) is 0 Å². The van der Waals surface area contributed by atoms with Crippen LogP contribution in [0.4, 0.5) is 4.79 Å². The Hall–Kier alpha value is -2.70. The van der Waals surface area contributed by atoms with Gasteiger partial charge in [0.1, 0.15) is 5.75 Å². The van der Waals surface area contributed by atoms with Crippen LogP contribution in [-0.2, 0) is 25.4 Å². The van der Waals surface area contributed by atoms with Gasteiger partial charge in [-0.05, 0) is 49.3 Å². The highest BCUT2D eigenvalue weighted by atomic mass is 16.7. The first-order valence-corrected chi connectivity index (χ1v) is 9.57. The topological polar surface area (TPSA) is 94.1 Å². The van der Waals surface area contributed by atoms with Gasteiger partial charge in [0.05, 0.1) is 18.9 Å². The molecule has 0 saturated heterocycles. The molecule has 1 aromatic rings. The number of benzene rings is 1. The molecule has 1 saturated carbocycles. The number of esters is 1. The number of carbonyl (C=O) groups is 2. The van der Waals surface area contributed by atoms with Crippen LogP contribution in [0.1, 0.15) is 30.9 Å². The molecule has 0 bridgehead atoms. The number of rotatable bonds is 5. The maximum atomic E-state index is 12.2. The average Bonchev–Trinajstić information content (AvgIpc) is 3.06. The fraction of sp³-hybridized carbons (Fsp3) is 0.524. The van der Waals surface area contributed by atoms with Crippen molar-refractivity contribution in [3.8, 4) is 5.75 Å². The van der Waals surface area contributed by atoms with Crippen molar-refractivity contribution in [3.05, 3.63) is 41.2 Å². The second kappa shape index (κ2) is 8.54. The lowest BCUT2D eigenvalue weighted by Crippen LogP contribution is -2.41. The number of amides is 1. The van der Waals surface area contributed by atoms with E-state index in [0.29, 0.717) is 18.5 Å². The zero-order chi connectivity index (χ0) is 20.3. The molecule has 0 radical (unpaired) electrons. The van der Waals surface area contributed by atoms with Crippen LogP contribution in [0.15, 0.2) is 30.0 Å². The lowest BCUT2D eigenvalue weighted by molar-refractivity contribution is -0.145. The van der Waals surface area contributed by atoms with E-state index >= 15 is 0 Å². The third-order valence-corrected chi connectivity index (χ3v) is 5.69.